The van der Waals surface area contributed by atoms with Crippen LogP contribution in [0.15, 0.2) is 42.5 Å². The number of carboxylic acid groups (broad SMARTS) is 1. The second kappa shape index (κ2) is 5.96. The second-order valence-electron chi connectivity index (χ2n) is 4.29. The lowest BCUT2D eigenvalue weighted by atomic mass is 10.1. The van der Waals surface area contributed by atoms with E-state index >= 15 is 0 Å². The van der Waals surface area contributed by atoms with Gasteiger partial charge in [-0.2, -0.15) is 0 Å². The average molecular weight is 286 g/mol. The molecule has 0 fully saturated rings. The summed E-state index contributed by atoms with van der Waals surface area (Å²) in [5.41, 5.74) is 6.75. The minimum atomic E-state index is -1.08. The molecule has 0 spiro atoms. The van der Waals surface area contributed by atoms with Crippen molar-refractivity contribution in [3.63, 3.8) is 0 Å². The van der Waals surface area contributed by atoms with Gasteiger partial charge in [0.2, 0.25) is 0 Å². The average Bonchev–Trinajstić information content (AvgIpc) is 2.49. The van der Waals surface area contributed by atoms with Gasteiger partial charge in [-0.3, -0.25) is 4.79 Å². The van der Waals surface area contributed by atoms with Crippen LogP contribution < -0.4 is 15.8 Å². The van der Waals surface area contributed by atoms with Crippen LogP contribution >= 0.6 is 0 Å². The molecule has 0 atom stereocenters. The van der Waals surface area contributed by atoms with Crippen molar-refractivity contribution in [1.82, 2.24) is 0 Å². The molecule has 0 aliphatic carbocycles. The van der Waals surface area contributed by atoms with Crippen molar-refractivity contribution in [3.8, 4) is 5.75 Å². The molecular formula is C15H14N2O4. The number of ether oxygens (including phenoxy) is 1. The molecule has 1 amide bonds. The van der Waals surface area contributed by atoms with E-state index in [-0.39, 0.29) is 17.2 Å². The van der Waals surface area contributed by atoms with Gasteiger partial charge in [-0.25, -0.2) is 4.79 Å². The lowest BCUT2D eigenvalue weighted by Gasteiger charge is -2.09. The van der Waals surface area contributed by atoms with Crippen LogP contribution in [0.3, 0.4) is 0 Å². The van der Waals surface area contributed by atoms with Crippen LogP contribution in [0.25, 0.3) is 0 Å². The molecule has 0 aliphatic heterocycles. The molecule has 0 unspecified atom stereocenters. The smallest absolute Gasteiger partial charge is 0.335 e. The van der Waals surface area contributed by atoms with Gasteiger partial charge in [0.05, 0.1) is 24.0 Å². The molecule has 0 aromatic heterocycles. The number of carbonyl (C=O) groups is 2. The maximum absolute atomic E-state index is 12.1. The summed E-state index contributed by atoms with van der Waals surface area (Å²) in [4.78, 5) is 22.9. The van der Waals surface area contributed by atoms with Crippen LogP contribution in [0.4, 0.5) is 11.4 Å². The molecule has 0 aliphatic rings. The van der Waals surface area contributed by atoms with E-state index in [1.807, 2.05) is 0 Å². The Balaban J connectivity index is 2.21. The highest BCUT2D eigenvalue weighted by Gasteiger charge is 2.11. The van der Waals surface area contributed by atoms with Crippen molar-refractivity contribution in [2.75, 3.05) is 18.2 Å². The summed E-state index contributed by atoms with van der Waals surface area (Å²) in [5, 5.41) is 11.5. The quantitative estimate of drug-likeness (QED) is 0.748. The fourth-order valence-electron chi connectivity index (χ4n) is 1.77. The number of nitrogens with one attached hydrogen (secondary N) is 1. The molecule has 108 valence electrons. The third-order valence-corrected chi connectivity index (χ3v) is 2.88. The molecule has 21 heavy (non-hydrogen) atoms. The van der Waals surface area contributed by atoms with E-state index in [9.17, 15) is 9.59 Å². The van der Waals surface area contributed by atoms with Gasteiger partial charge >= 0.3 is 5.97 Å². The van der Waals surface area contributed by atoms with Crippen molar-refractivity contribution in [1.29, 1.82) is 0 Å². The number of aromatic carboxylic acids is 1. The standard InChI is InChI=1S/C15H14N2O4/c1-21-11-4-2-3-9(7-11)14(18)17-13-6-5-10(15(19)20)8-12(13)16/h2-8H,16H2,1H3,(H,17,18)(H,19,20). The number of methoxy groups -OCH3 is 1. The summed E-state index contributed by atoms with van der Waals surface area (Å²) in [6, 6.07) is 10.8. The van der Waals surface area contributed by atoms with Crippen LogP contribution in [0, 0.1) is 0 Å². The molecule has 0 saturated carbocycles. The highest BCUT2D eigenvalue weighted by atomic mass is 16.5. The zero-order valence-corrected chi connectivity index (χ0v) is 11.3. The molecule has 2 rings (SSSR count). The number of nitrogens with two attached hydrogens (primary N) is 1. The lowest BCUT2D eigenvalue weighted by molar-refractivity contribution is 0.0697. The Hall–Kier alpha value is -3.02. The first kappa shape index (κ1) is 14.4. The molecule has 6 heteroatoms. The zero-order chi connectivity index (χ0) is 15.4. The fraction of sp³-hybridized carbons (Fsp3) is 0.0667. The van der Waals surface area contributed by atoms with Crippen molar-refractivity contribution in [2.45, 2.75) is 0 Å². The Bertz CT molecular complexity index is 698. The predicted molar refractivity (Wildman–Crippen MR) is 78.8 cm³/mol. The van der Waals surface area contributed by atoms with Crippen molar-refractivity contribution >= 4 is 23.3 Å². The molecule has 0 bridgehead atoms. The monoisotopic (exact) mass is 286 g/mol. The lowest BCUT2D eigenvalue weighted by Crippen LogP contribution is -2.13. The second-order valence-corrected chi connectivity index (χ2v) is 4.29. The third-order valence-electron chi connectivity index (χ3n) is 2.88. The van der Waals surface area contributed by atoms with Crippen LogP contribution in [-0.2, 0) is 0 Å². The molecular weight excluding hydrogens is 272 g/mol. The van der Waals surface area contributed by atoms with Gasteiger partial charge in [-0.1, -0.05) is 6.07 Å². The fourth-order valence-corrected chi connectivity index (χ4v) is 1.77. The molecule has 0 heterocycles. The Kier molecular flexibility index (Phi) is 4.08. The van der Waals surface area contributed by atoms with Gasteiger partial charge in [-0.05, 0) is 36.4 Å². The largest absolute Gasteiger partial charge is 0.497 e. The number of amides is 1. The minimum absolute atomic E-state index is 0.0619. The number of anilines is 2. The van der Waals surface area contributed by atoms with Crippen molar-refractivity contribution < 1.29 is 19.4 Å². The molecule has 0 saturated heterocycles. The Labute approximate surface area is 121 Å². The first-order valence-corrected chi connectivity index (χ1v) is 6.09. The maximum Gasteiger partial charge on any atom is 0.335 e. The van der Waals surface area contributed by atoms with Gasteiger partial charge in [0.25, 0.3) is 5.91 Å². The summed E-state index contributed by atoms with van der Waals surface area (Å²) in [6.07, 6.45) is 0. The summed E-state index contributed by atoms with van der Waals surface area (Å²) >= 11 is 0. The van der Waals surface area contributed by atoms with Crippen LogP contribution in [-0.4, -0.2) is 24.1 Å². The zero-order valence-electron chi connectivity index (χ0n) is 11.3. The number of hydrogen-bond acceptors (Lipinski definition) is 4. The van der Waals surface area contributed by atoms with Crippen molar-refractivity contribution in [2.24, 2.45) is 0 Å². The summed E-state index contributed by atoms with van der Waals surface area (Å²) < 4.78 is 5.05. The van der Waals surface area contributed by atoms with E-state index in [0.717, 1.165) is 0 Å². The third kappa shape index (κ3) is 3.30. The first-order valence-electron chi connectivity index (χ1n) is 6.09. The van der Waals surface area contributed by atoms with E-state index < -0.39 is 5.97 Å². The highest BCUT2D eigenvalue weighted by molar-refractivity contribution is 6.06. The van der Waals surface area contributed by atoms with E-state index in [0.29, 0.717) is 17.0 Å². The first-order chi connectivity index (χ1) is 10.0. The van der Waals surface area contributed by atoms with Crippen LogP contribution in [0.1, 0.15) is 20.7 Å². The van der Waals surface area contributed by atoms with E-state index in [4.69, 9.17) is 15.6 Å². The highest BCUT2D eigenvalue weighted by Crippen LogP contribution is 2.21. The number of hydrogen-bond donors (Lipinski definition) is 3. The van der Waals surface area contributed by atoms with E-state index in [1.165, 1.54) is 25.3 Å². The number of benzene rings is 2. The molecule has 6 nitrogen and oxygen atoms in total. The number of nitrogen functional groups attached to an aromatic ring is 1. The summed E-state index contributed by atoms with van der Waals surface area (Å²) in [6.45, 7) is 0. The molecule has 2 aromatic rings. The molecule has 4 N–H and O–H groups in total. The number of carbonyl (C=O) groups excluding carboxylic acids is 1. The molecule has 0 radical (unpaired) electrons. The van der Waals surface area contributed by atoms with Gasteiger partial charge in [0, 0.05) is 5.56 Å². The predicted octanol–water partition coefficient (Wildman–Crippen LogP) is 2.23. The van der Waals surface area contributed by atoms with Gasteiger partial charge < -0.3 is 20.9 Å². The Morgan fingerprint density at radius 2 is 1.90 bits per heavy atom. The van der Waals surface area contributed by atoms with Gasteiger partial charge in [-0.15, -0.1) is 0 Å². The van der Waals surface area contributed by atoms with Crippen LogP contribution in [0.5, 0.6) is 5.75 Å². The van der Waals surface area contributed by atoms with Crippen LogP contribution in [0.2, 0.25) is 0 Å². The van der Waals surface area contributed by atoms with Crippen molar-refractivity contribution in [3.05, 3.63) is 53.6 Å². The van der Waals surface area contributed by atoms with E-state index in [2.05, 4.69) is 5.32 Å². The summed E-state index contributed by atoms with van der Waals surface area (Å²) in [5.74, 6) is -0.868. The Morgan fingerprint density at radius 1 is 1.14 bits per heavy atom. The number of rotatable bonds is 4. The summed E-state index contributed by atoms with van der Waals surface area (Å²) in [7, 11) is 1.51. The Morgan fingerprint density at radius 3 is 2.52 bits per heavy atom. The normalized spacial score (nSPS) is 9.95. The SMILES string of the molecule is COc1cccc(C(=O)Nc2ccc(C(=O)O)cc2N)c1. The minimum Gasteiger partial charge on any atom is -0.497 e. The van der Waals surface area contributed by atoms with Gasteiger partial charge in [0.1, 0.15) is 5.75 Å². The maximum atomic E-state index is 12.1. The number of carboxylic acids is 1. The van der Waals surface area contributed by atoms with E-state index in [1.54, 1.807) is 24.3 Å². The topological polar surface area (TPSA) is 102 Å². The van der Waals surface area contributed by atoms with Gasteiger partial charge in [0.15, 0.2) is 0 Å². The molecule has 2 aromatic carbocycles.